The van der Waals surface area contributed by atoms with Crippen LogP contribution in [0.4, 0.5) is 0 Å². The van der Waals surface area contributed by atoms with E-state index in [1.54, 1.807) is 12.1 Å². The molecule has 1 aromatic rings. The predicted octanol–water partition coefficient (Wildman–Crippen LogP) is 3.82. The van der Waals surface area contributed by atoms with E-state index < -0.39 is 0 Å². The number of carbonyl (C=O) groups is 2. The molecule has 1 saturated carbocycles. The molecule has 0 bridgehead atoms. The zero-order valence-electron chi connectivity index (χ0n) is 13.7. The third-order valence-corrected chi connectivity index (χ3v) is 5.38. The minimum atomic E-state index is -0.197. The van der Waals surface area contributed by atoms with Gasteiger partial charge in [0.15, 0.2) is 0 Å². The second-order valence-electron chi connectivity index (χ2n) is 6.79. The van der Waals surface area contributed by atoms with Gasteiger partial charge in [0, 0.05) is 29.1 Å². The van der Waals surface area contributed by atoms with Gasteiger partial charge in [0.25, 0.3) is 0 Å². The van der Waals surface area contributed by atoms with Crippen molar-refractivity contribution in [3.8, 4) is 0 Å². The smallest absolute Gasteiger partial charge is 0.225 e. The van der Waals surface area contributed by atoms with Crippen LogP contribution in [0.1, 0.15) is 44.2 Å². The molecule has 130 valence electrons. The number of halogens is 2. The van der Waals surface area contributed by atoms with E-state index in [1.165, 1.54) is 0 Å². The van der Waals surface area contributed by atoms with Crippen LogP contribution < -0.4 is 5.32 Å². The first-order valence-corrected chi connectivity index (χ1v) is 9.25. The van der Waals surface area contributed by atoms with Crippen molar-refractivity contribution < 1.29 is 9.59 Å². The van der Waals surface area contributed by atoms with Gasteiger partial charge in [-0.05, 0) is 50.3 Å². The van der Waals surface area contributed by atoms with Crippen LogP contribution in [0.2, 0.25) is 10.0 Å². The number of benzene rings is 1. The predicted molar refractivity (Wildman–Crippen MR) is 95.0 cm³/mol. The zero-order chi connectivity index (χ0) is 17.3. The summed E-state index contributed by atoms with van der Waals surface area (Å²) in [7, 11) is 0. The van der Waals surface area contributed by atoms with Crippen molar-refractivity contribution in [2.24, 2.45) is 11.8 Å². The van der Waals surface area contributed by atoms with Gasteiger partial charge in [-0.3, -0.25) is 9.59 Å². The van der Waals surface area contributed by atoms with Gasteiger partial charge in [-0.2, -0.15) is 0 Å². The first-order chi connectivity index (χ1) is 11.5. The highest BCUT2D eigenvalue weighted by Gasteiger charge is 2.36. The van der Waals surface area contributed by atoms with Crippen molar-refractivity contribution in [2.75, 3.05) is 13.1 Å². The van der Waals surface area contributed by atoms with Crippen molar-refractivity contribution >= 4 is 35.0 Å². The Kier molecular flexibility index (Phi) is 5.36. The van der Waals surface area contributed by atoms with Gasteiger partial charge in [0.2, 0.25) is 11.8 Å². The summed E-state index contributed by atoms with van der Waals surface area (Å²) < 4.78 is 0. The molecule has 1 aliphatic heterocycles. The summed E-state index contributed by atoms with van der Waals surface area (Å²) in [4.78, 5) is 26.7. The normalized spacial score (nSPS) is 22.1. The van der Waals surface area contributed by atoms with E-state index in [0.29, 0.717) is 16.6 Å². The molecule has 24 heavy (non-hydrogen) atoms. The molecule has 1 N–H and O–H groups in total. The maximum atomic E-state index is 12.6. The Bertz CT molecular complexity index is 646. The molecular formula is C18H22Cl2N2O2. The van der Waals surface area contributed by atoms with Gasteiger partial charge in [0.1, 0.15) is 0 Å². The molecule has 0 radical (unpaired) electrons. The number of nitrogens with zero attached hydrogens (tertiary/aromatic N) is 1. The van der Waals surface area contributed by atoms with E-state index >= 15 is 0 Å². The van der Waals surface area contributed by atoms with Crippen LogP contribution in [0.15, 0.2) is 18.2 Å². The number of hydrogen-bond acceptors (Lipinski definition) is 2. The van der Waals surface area contributed by atoms with Crippen molar-refractivity contribution in [2.45, 2.75) is 38.6 Å². The van der Waals surface area contributed by atoms with E-state index in [4.69, 9.17) is 23.2 Å². The molecule has 2 fully saturated rings. The lowest BCUT2D eigenvalue weighted by molar-refractivity contribution is -0.137. The van der Waals surface area contributed by atoms with Crippen LogP contribution in [-0.4, -0.2) is 29.8 Å². The molecular weight excluding hydrogens is 347 g/mol. The molecule has 2 aliphatic rings. The Morgan fingerprint density at radius 2 is 1.96 bits per heavy atom. The highest BCUT2D eigenvalue weighted by atomic mass is 35.5. The molecule has 1 aromatic carbocycles. The van der Waals surface area contributed by atoms with E-state index in [9.17, 15) is 9.59 Å². The Morgan fingerprint density at radius 3 is 2.62 bits per heavy atom. The Labute approximate surface area is 152 Å². The van der Waals surface area contributed by atoms with Gasteiger partial charge < -0.3 is 10.2 Å². The summed E-state index contributed by atoms with van der Waals surface area (Å²) in [6.07, 6.45) is 3.70. The van der Waals surface area contributed by atoms with Crippen molar-refractivity contribution in [1.82, 2.24) is 10.2 Å². The van der Waals surface area contributed by atoms with Crippen LogP contribution in [-0.2, 0) is 9.59 Å². The summed E-state index contributed by atoms with van der Waals surface area (Å²) in [6, 6.07) is 5.08. The van der Waals surface area contributed by atoms with Crippen molar-refractivity contribution in [3.05, 3.63) is 33.8 Å². The minimum absolute atomic E-state index is 0.0122. The molecule has 1 saturated heterocycles. The maximum absolute atomic E-state index is 12.6. The number of likely N-dealkylation sites (tertiary alicyclic amines) is 1. The fourth-order valence-corrected chi connectivity index (χ4v) is 3.81. The van der Waals surface area contributed by atoms with Crippen molar-refractivity contribution in [3.63, 3.8) is 0 Å². The monoisotopic (exact) mass is 368 g/mol. The standard InChI is InChI=1S/C18H22Cl2N2O2/c1-11(15-7-6-14(19)9-16(15)20)21-17(23)13-3-2-8-22(10-13)18(24)12-4-5-12/h6-7,9,11-13H,2-5,8,10H2,1H3,(H,21,23). The number of nitrogens with one attached hydrogen (secondary N) is 1. The van der Waals surface area contributed by atoms with Gasteiger partial charge in [-0.25, -0.2) is 0 Å². The lowest BCUT2D eigenvalue weighted by atomic mass is 9.96. The van der Waals surface area contributed by atoms with Crippen molar-refractivity contribution in [1.29, 1.82) is 0 Å². The summed E-state index contributed by atoms with van der Waals surface area (Å²) in [5, 5.41) is 4.14. The third kappa shape index (κ3) is 4.04. The SMILES string of the molecule is CC(NC(=O)C1CCCN(C(=O)C2CC2)C1)c1ccc(Cl)cc1Cl. The van der Waals surface area contributed by atoms with Crippen LogP contribution >= 0.6 is 23.2 Å². The molecule has 1 heterocycles. The first-order valence-electron chi connectivity index (χ1n) is 8.50. The lowest BCUT2D eigenvalue weighted by Gasteiger charge is -2.33. The largest absolute Gasteiger partial charge is 0.349 e. The van der Waals surface area contributed by atoms with Gasteiger partial charge in [-0.1, -0.05) is 29.3 Å². The highest BCUT2D eigenvalue weighted by Crippen LogP contribution is 2.33. The topological polar surface area (TPSA) is 49.4 Å². The number of rotatable bonds is 4. The van der Waals surface area contributed by atoms with E-state index in [2.05, 4.69) is 5.32 Å². The summed E-state index contributed by atoms with van der Waals surface area (Å²) in [6.45, 7) is 3.21. The van der Waals surface area contributed by atoms with Crippen LogP contribution in [0, 0.1) is 11.8 Å². The third-order valence-electron chi connectivity index (χ3n) is 4.82. The lowest BCUT2D eigenvalue weighted by Crippen LogP contribution is -2.46. The van der Waals surface area contributed by atoms with Gasteiger partial charge >= 0.3 is 0 Å². The van der Waals surface area contributed by atoms with Crippen LogP contribution in [0.5, 0.6) is 0 Å². The second-order valence-corrected chi connectivity index (χ2v) is 7.64. The molecule has 1 aliphatic carbocycles. The van der Waals surface area contributed by atoms with Gasteiger partial charge in [-0.15, -0.1) is 0 Å². The molecule has 2 atom stereocenters. The quantitative estimate of drug-likeness (QED) is 0.877. The number of amides is 2. The van der Waals surface area contributed by atoms with Gasteiger partial charge in [0.05, 0.1) is 12.0 Å². The average Bonchev–Trinajstić information content (AvgIpc) is 3.39. The Morgan fingerprint density at radius 1 is 1.21 bits per heavy atom. The van der Waals surface area contributed by atoms with Crippen LogP contribution in [0.3, 0.4) is 0 Å². The number of carbonyl (C=O) groups excluding carboxylic acids is 2. The van der Waals surface area contributed by atoms with E-state index in [1.807, 2.05) is 17.9 Å². The molecule has 2 amide bonds. The molecule has 2 unspecified atom stereocenters. The van der Waals surface area contributed by atoms with Crippen LogP contribution in [0.25, 0.3) is 0 Å². The number of piperidine rings is 1. The Hall–Kier alpha value is -1.26. The molecule has 0 spiro atoms. The Balaban J connectivity index is 1.60. The fourth-order valence-electron chi connectivity index (χ4n) is 3.24. The molecule has 6 heteroatoms. The van der Waals surface area contributed by atoms with E-state index in [-0.39, 0.29) is 29.7 Å². The molecule has 4 nitrogen and oxygen atoms in total. The molecule has 3 rings (SSSR count). The maximum Gasteiger partial charge on any atom is 0.225 e. The zero-order valence-corrected chi connectivity index (χ0v) is 15.2. The first kappa shape index (κ1) is 17.6. The fraction of sp³-hybridized carbons (Fsp3) is 0.556. The molecule has 0 aromatic heterocycles. The summed E-state index contributed by atoms with van der Waals surface area (Å²) in [5.41, 5.74) is 0.844. The highest BCUT2D eigenvalue weighted by molar-refractivity contribution is 6.35. The minimum Gasteiger partial charge on any atom is -0.349 e. The second kappa shape index (κ2) is 7.32. The average molecular weight is 369 g/mol. The summed E-state index contributed by atoms with van der Waals surface area (Å²) >= 11 is 12.1. The summed E-state index contributed by atoms with van der Waals surface area (Å²) in [5.74, 6) is 0.275. The van der Waals surface area contributed by atoms with E-state index in [0.717, 1.165) is 37.8 Å². The number of hydrogen-bond donors (Lipinski definition) is 1.